The number of hydrogen-bond acceptors (Lipinski definition) is 7. The quantitative estimate of drug-likeness (QED) is 0.691. The summed E-state index contributed by atoms with van der Waals surface area (Å²) in [4.78, 5) is 37.2. The lowest BCUT2D eigenvalue weighted by molar-refractivity contribution is 0.00565. The maximum Gasteiger partial charge on any atom is 0.410 e. The molecule has 1 aliphatic heterocycles. The van der Waals surface area contributed by atoms with Crippen molar-refractivity contribution in [1.82, 2.24) is 14.9 Å². The number of fused-ring (bicyclic) bond motifs is 1. The third-order valence-corrected chi connectivity index (χ3v) is 6.63. The van der Waals surface area contributed by atoms with E-state index in [1.807, 2.05) is 34.6 Å². The van der Waals surface area contributed by atoms with Gasteiger partial charge in [0, 0.05) is 13.1 Å². The van der Waals surface area contributed by atoms with Gasteiger partial charge in [-0.15, -0.1) is 0 Å². The van der Waals surface area contributed by atoms with Gasteiger partial charge in [0.05, 0.1) is 29.5 Å². The van der Waals surface area contributed by atoms with Crippen LogP contribution in [0.25, 0.3) is 11.0 Å². The highest BCUT2D eigenvalue weighted by atomic mass is 31.2. The molecule has 0 spiro atoms. The Morgan fingerprint density at radius 2 is 1.72 bits per heavy atom. The van der Waals surface area contributed by atoms with Crippen molar-refractivity contribution < 1.29 is 24.0 Å². The predicted molar refractivity (Wildman–Crippen MR) is 125 cm³/mol. The van der Waals surface area contributed by atoms with Crippen LogP contribution < -0.4 is 10.3 Å². The molecule has 2 aromatic rings. The minimum atomic E-state index is -2.71. The molecule has 0 bridgehead atoms. The molecule has 1 aromatic carbocycles. The molecule has 3 rings (SSSR count). The number of rotatable bonds is 3. The Hall–Kier alpha value is -2.67. The van der Waals surface area contributed by atoms with Crippen LogP contribution in [-0.2, 0) is 9.30 Å². The molecular formula is C22H31N4O5P. The molecule has 32 heavy (non-hydrogen) atoms. The number of carboxylic acids is 1. The summed E-state index contributed by atoms with van der Waals surface area (Å²) < 4.78 is 18.1. The van der Waals surface area contributed by atoms with Gasteiger partial charge in [-0.3, -0.25) is 4.90 Å². The fourth-order valence-electron chi connectivity index (χ4n) is 3.96. The molecule has 2 atom stereocenters. The van der Waals surface area contributed by atoms with Crippen LogP contribution in [0.2, 0.25) is 0 Å². The van der Waals surface area contributed by atoms with Crippen molar-refractivity contribution >= 4 is 41.4 Å². The molecule has 9 nitrogen and oxygen atoms in total. The standard InChI is InChI=1S/C22H31N4O5P/c1-13-11-25(12-14(2)26(13)21(29)31-22(3,4)5)16-9-8-15(20(27)28)18-19(16)23-10-17(24-18)32(6,7)30/h8-10,13-14H,11-12H2,1-7H3,(H,27,28)/t13-,14+. The van der Waals surface area contributed by atoms with Crippen molar-refractivity contribution in [3.05, 3.63) is 23.9 Å². The van der Waals surface area contributed by atoms with E-state index in [-0.39, 0.29) is 29.3 Å². The van der Waals surface area contributed by atoms with Gasteiger partial charge in [-0.2, -0.15) is 0 Å². The number of hydrogen-bond donors (Lipinski definition) is 1. The number of aromatic carboxylic acids is 1. The van der Waals surface area contributed by atoms with Crippen LogP contribution in [0.4, 0.5) is 10.5 Å². The van der Waals surface area contributed by atoms with E-state index in [2.05, 4.69) is 14.9 Å². The highest BCUT2D eigenvalue weighted by Crippen LogP contribution is 2.35. The van der Waals surface area contributed by atoms with Gasteiger partial charge < -0.3 is 19.3 Å². The Morgan fingerprint density at radius 3 is 2.22 bits per heavy atom. The van der Waals surface area contributed by atoms with E-state index < -0.39 is 18.7 Å². The van der Waals surface area contributed by atoms with Crippen molar-refractivity contribution in [2.45, 2.75) is 52.3 Å². The van der Waals surface area contributed by atoms with Crippen molar-refractivity contribution in [2.75, 3.05) is 31.3 Å². The second-order valence-electron chi connectivity index (χ2n) is 9.70. The van der Waals surface area contributed by atoms with Crippen LogP contribution in [0.15, 0.2) is 18.3 Å². The summed E-state index contributed by atoms with van der Waals surface area (Å²) in [6.07, 6.45) is 1.11. The smallest absolute Gasteiger partial charge is 0.410 e. The number of nitrogens with zero attached hydrogens (tertiary/aromatic N) is 4. The van der Waals surface area contributed by atoms with Crippen molar-refractivity contribution in [2.24, 2.45) is 0 Å². The average molecular weight is 462 g/mol. The highest BCUT2D eigenvalue weighted by molar-refractivity contribution is 7.69. The molecule has 1 amide bonds. The first-order chi connectivity index (χ1) is 14.7. The van der Waals surface area contributed by atoms with Gasteiger partial charge in [0.2, 0.25) is 0 Å². The topological polar surface area (TPSA) is 113 Å². The third-order valence-electron chi connectivity index (χ3n) is 5.31. The summed E-state index contributed by atoms with van der Waals surface area (Å²) in [6, 6.07) is 2.95. The number of carbonyl (C=O) groups is 2. The number of aromatic nitrogens is 2. The number of amides is 1. The van der Waals surface area contributed by atoms with Crippen LogP contribution >= 0.6 is 7.14 Å². The van der Waals surface area contributed by atoms with E-state index in [4.69, 9.17) is 4.74 Å². The van der Waals surface area contributed by atoms with Crippen LogP contribution in [-0.4, -0.2) is 76.1 Å². The summed E-state index contributed by atoms with van der Waals surface area (Å²) in [5.41, 5.74) is 1.11. The molecule has 1 fully saturated rings. The van der Waals surface area contributed by atoms with Gasteiger partial charge >= 0.3 is 12.1 Å². The molecule has 0 saturated carbocycles. The molecule has 2 heterocycles. The van der Waals surface area contributed by atoms with E-state index >= 15 is 0 Å². The van der Waals surface area contributed by atoms with Crippen LogP contribution in [0, 0.1) is 0 Å². The fourth-order valence-corrected chi connectivity index (χ4v) is 4.63. The molecule has 1 aromatic heterocycles. The zero-order chi connectivity index (χ0) is 24.0. The molecule has 0 aliphatic carbocycles. The van der Waals surface area contributed by atoms with E-state index in [1.165, 1.54) is 12.3 Å². The lowest BCUT2D eigenvalue weighted by Crippen LogP contribution is -2.59. The lowest BCUT2D eigenvalue weighted by Gasteiger charge is -2.45. The second kappa shape index (κ2) is 8.35. The monoisotopic (exact) mass is 462 g/mol. The van der Waals surface area contributed by atoms with Crippen LogP contribution in [0.3, 0.4) is 0 Å². The molecule has 0 unspecified atom stereocenters. The first-order valence-electron chi connectivity index (χ1n) is 10.5. The Bertz CT molecular complexity index is 1100. The fraction of sp³-hybridized carbons (Fsp3) is 0.545. The average Bonchev–Trinajstić information content (AvgIpc) is 2.63. The molecule has 1 N–H and O–H groups in total. The van der Waals surface area contributed by atoms with Crippen LogP contribution in [0.1, 0.15) is 45.0 Å². The zero-order valence-corrected chi connectivity index (χ0v) is 20.5. The normalized spacial score (nSPS) is 19.8. The summed E-state index contributed by atoms with van der Waals surface area (Å²) in [7, 11) is -2.71. The van der Waals surface area contributed by atoms with E-state index in [0.717, 1.165) is 5.69 Å². The molecule has 1 aliphatic rings. The number of carboxylic acid groups (broad SMARTS) is 1. The van der Waals surface area contributed by atoms with Crippen LogP contribution in [0.5, 0.6) is 0 Å². The Balaban J connectivity index is 2.00. The summed E-state index contributed by atoms with van der Waals surface area (Å²) in [5.74, 6) is -1.12. The minimum absolute atomic E-state index is 0.0139. The van der Waals surface area contributed by atoms with Gasteiger partial charge in [0.25, 0.3) is 0 Å². The van der Waals surface area contributed by atoms with Crippen molar-refractivity contribution in [1.29, 1.82) is 0 Å². The molecular weight excluding hydrogens is 431 g/mol. The van der Waals surface area contributed by atoms with Crippen molar-refractivity contribution in [3.63, 3.8) is 0 Å². The molecule has 1 saturated heterocycles. The maximum atomic E-state index is 12.7. The summed E-state index contributed by atoms with van der Waals surface area (Å²) in [6.45, 7) is 13.6. The number of carbonyl (C=O) groups excluding carboxylic acids is 1. The van der Waals surface area contributed by atoms with Gasteiger partial charge in [-0.1, -0.05) is 0 Å². The Labute approximate surface area is 188 Å². The van der Waals surface area contributed by atoms with Gasteiger partial charge in [-0.25, -0.2) is 19.6 Å². The SMILES string of the molecule is C[C@@H]1CN(c2ccc(C(=O)O)c3nc(P(C)(C)=O)cnc23)C[C@H](C)N1C(=O)OC(C)(C)C. The van der Waals surface area contributed by atoms with Gasteiger partial charge in [0.15, 0.2) is 0 Å². The summed E-state index contributed by atoms with van der Waals surface area (Å²) >= 11 is 0. The number of piperazine rings is 1. The minimum Gasteiger partial charge on any atom is -0.478 e. The van der Waals surface area contributed by atoms with E-state index in [1.54, 1.807) is 24.3 Å². The third kappa shape index (κ3) is 4.88. The first kappa shape index (κ1) is 24.0. The lowest BCUT2D eigenvalue weighted by atomic mass is 10.1. The molecule has 174 valence electrons. The number of ether oxygens (including phenoxy) is 1. The summed E-state index contributed by atoms with van der Waals surface area (Å²) in [5, 5.41) is 9.64. The molecule has 10 heteroatoms. The zero-order valence-electron chi connectivity index (χ0n) is 19.6. The second-order valence-corrected chi connectivity index (χ2v) is 12.9. The van der Waals surface area contributed by atoms with Gasteiger partial charge in [0.1, 0.15) is 29.2 Å². The number of benzene rings is 1. The van der Waals surface area contributed by atoms with Gasteiger partial charge in [-0.05, 0) is 60.1 Å². The Kier molecular flexibility index (Phi) is 6.26. The predicted octanol–water partition coefficient (Wildman–Crippen LogP) is 3.41. The Morgan fingerprint density at radius 1 is 1.12 bits per heavy atom. The molecule has 0 radical (unpaired) electrons. The first-order valence-corrected chi connectivity index (χ1v) is 13.1. The van der Waals surface area contributed by atoms with E-state index in [9.17, 15) is 19.3 Å². The number of anilines is 1. The maximum absolute atomic E-state index is 12.7. The van der Waals surface area contributed by atoms with Crippen molar-refractivity contribution in [3.8, 4) is 0 Å². The highest BCUT2D eigenvalue weighted by Gasteiger charge is 2.36. The largest absolute Gasteiger partial charge is 0.478 e. The van der Waals surface area contributed by atoms with E-state index in [0.29, 0.717) is 24.0 Å².